The number of hydrogen-bond acceptors (Lipinski definition) is 4. The van der Waals surface area contributed by atoms with Gasteiger partial charge in [0.25, 0.3) is 0 Å². The number of nitrogens with zero attached hydrogens (tertiary/aromatic N) is 2. The first-order valence-electron chi connectivity index (χ1n) is 5.90. The Morgan fingerprint density at radius 1 is 1.35 bits per heavy atom. The van der Waals surface area contributed by atoms with Crippen molar-refractivity contribution in [1.82, 2.24) is 9.97 Å². The first kappa shape index (κ1) is 14.6. The minimum absolute atomic E-state index is 0.297. The molecule has 0 amide bonds. The van der Waals surface area contributed by atoms with Crippen molar-refractivity contribution in [2.24, 2.45) is 0 Å². The fourth-order valence-corrected chi connectivity index (χ4v) is 2.05. The van der Waals surface area contributed by atoms with Crippen LogP contribution < -0.4 is 5.32 Å². The van der Waals surface area contributed by atoms with Gasteiger partial charge in [0, 0.05) is 18.5 Å². The normalized spacial score (nSPS) is 10.9. The second kappa shape index (κ2) is 7.77. The molecule has 5 heteroatoms. The number of aromatic nitrogens is 2. The number of anilines is 1. The first-order chi connectivity index (χ1) is 8.13. The standard InChI is InChI=1S/C12H20ClN3S/c1-9(2)12-15-10(13)8-11(16-12)14-6-4-5-7-17-3/h8-9H,4-7H2,1-3H3,(H,14,15,16). The second-order valence-corrected chi connectivity index (χ2v) is 5.59. The van der Waals surface area contributed by atoms with Crippen LogP contribution in [0.15, 0.2) is 6.07 Å². The summed E-state index contributed by atoms with van der Waals surface area (Å²) in [6, 6.07) is 1.78. The van der Waals surface area contributed by atoms with Crippen LogP contribution in [0.25, 0.3) is 0 Å². The van der Waals surface area contributed by atoms with Crippen molar-refractivity contribution in [2.75, 3.05) is 23.9 Å². The Morgan fingerprint density at radius 3 is 2.76 bits per heavy atom. The molecule has 0 saturated heterocycles. The van der Waals surface area contributed by atoms with E-state index < -0.39 is 0 Å². The molecule has 0 aliphatic carbocycles. The molecule has 0 atom stereocenters. The van der Waals surface area contributed by atoms with Gasteiger partial charge in [0.05, 0.1) is 0 Å². The Balaban J connectivity index is 2.47. The Labute approximate surface area is 113 Å². The summed E-state index contributed by atoms with van der Waals surface area (Å²) >= 11 is 7.84. The number of unbranched alkanes of at least 4 members (excludes halogenated alkanes) is 1. The van der Waals surface area contributed by atoms with Gasteiger partial charge in [-0.05, 0) is 24.9 Å². The number of rotatable bonds is 7. The third kappa shape index (κ3) is 5.59. The SMILES string of the molecule is CSCCCCNc1cc(Cl)nc(C(C)C)n1. The van der Waals surface area contributed by atoms with Gasteiger partial charge in [0.2, 0.25) is 0 Å². The van der Waals surface area contributed by atoms with Gasteiger partial charge in [-0.1, -0.05) is 25.4 Å². The molecule has 1 rings (SSSR count). The average Bonchev–Trinajstić information content (AvgIpc) is 2.28. The van der Waals surface area contributed by atoms with Crippen LogP contribution in [0.3, 0.4) is 0 Å². The number of nitrogens with one attached hydrogen (secondary N) is 1. The van der Waals surface area contributed by atoms with Gasteiger partial charge in [0.1, 0.15) is 16.8 Å². The number of halogens is 1. The lowest BCUT2D eigenvalue weighted by Crippen LogP contribution is -2.07. The molecule has 0 spiro atoms. The Hall–Kier alpha value is -0.480. The van der Waals surface area contributed by atoms with Crippen LogP contribution >= 0.6 is 23.4 Å². The van der Waals surface area contributed by atoms with Crippen LogP contribution in [-0.2, 0) is 0 Å². The molecule has 1 heterocycles. The molecular formula is C12H20ClN3S. The molecule has 0 aliphatic rings. The predicted octanol–water partition coefficient (Wildman–Crippen LogP) is 3.81. The van der Waals surface area contributed by atoms with Crippen molar-refractivity contribution in [3.05, 3.63) is 17.0 Å². The minimum atomic E-state index is 0.297. The molecule has 0 saturated carbocycles. The summed E-state index contributed by atoms with van der Waals surface area (Å²) in [5.74, 6) is 3.14. The lowest BCUT2D eigenvalue weighted by molar-refractivity contribution is 0.771. The highest BCUT2D eigenvalue weighted by atomic mass is 35.5. The fourth-order valence-electron chi connectivity index (χ4n) is 1.37. The lowest BCUT2D eigenvalue weighted by atomic mass is 10.2. The summed E-state index contributed by atoms with van der Waals surface area (Å²) in [5, 5.41) is 3.80. The molecular weight excluding hydrogens is 254 g/mol. The minimum Gasteiger partial charge on any atom is -0.370 e. The molecule has 3 nitrogen and oxygen atoms in total. The number of thioether (sulfide) groups is 1. The van der Waals surface area contributed by atoms with Crippen molar-refractivity contribution < 1.29 is 0 Å². The van der Waals surface area contributed by atoms with Crippen LogP contribution in [0.4, 0.5) is 5.82 Å². The van der Waals surface area contributed by atoms with Crippen LogP contribution in [0.1, 0.15) is 38.4 Å². The van der Waals surface area contributed by atoms with E-state index in [-0.39, 0.29) is 0 Å². The van der Waals surface area contributed by atoms with Crippen molar-refractivity contribution in [2.45, 2.75) is 32.6 Å². The van der Waals surface area contributed by atoms with E-state index in [2.05, 4.69) is 35.4 Å². The molecule has 96 valence electrons. The topological polar surface area (TPSA) is 37.8 Å². The van der Waals surface area contributed by atoms with E-state index in [1.54, 1.807) is 6.07 Å². The van der Waals surface area contributed by atoms with E-state index >= 15 is 0 Å². The molecule has 0 fully saturated rings. The maximum atomic E-state index is 5.96. The maximum absolute atomic E-state index is 5.96. The largest absolute Gasteiger partial charge is 0.370 e. The monoisotopic (exact) mass is 273 g/mol. The van der Waals surface area contributed by atoms with Crippen LogP contribution in [0, 0.1) is 0 Å². The molecule has 0 radical (unpaired) electrons. The van der Waals surface area contributed by atoms with Gasteiger partial charge >= 0.3 is 0 Å². The molecule has 0 aromatic carbocycles. The summed E-state index contributed by atoms with van der Waals surface area (Å²) in [6.45, 7) is 5.06. The van der Waals surface area contributed by atoms with E-state index in [1.807, 2.05) is 11.8 Å². The summed E-state index contributed by atoms with van der Waals surface area (Å²) in [7, 11) is 0. The second-order valence-electron chi connectivity index (χ2n) is 4.22. The van der Waals surface area contributed by atoms with Crippen molar-refractivity contribution in [1.29, 1.82) is 0 Å². The van der Waals surface area contributed by atoms with E-state index in [0.717, 1.165) is 24.6 Å². The Bertz CT molecular complexity index is 345. The predicted molar refractivity (Wildman–Crippen MR) is 77.2 cm³/mol. The maximum Gasteiger partial charge on any atom is 0.135 e. The van der Waals surface area contributed by atoms with Gasteiger partial charge in [-0.25, -0.2) is 9.97 Å². The average molecular weight is 274 g/mol. The molecule has 0 bridgehead atoms. The molecule has 1 aromatic heterocycles. The molecule has 17 heavy (non-hydrogen) atoms. The molecule has 0 aliphatic heterocycles. The van der Waals surface area contributed by atoms with Gasteiger partial charge in [-0.3, -0.25) is 0 Å². The fraction of sp³-hybridized carbons (Fsp3) is 0.667. The highest BCUT2D eigenvalue weighted by Crippen LogP contribution is 2.16. The van der Waals surface area contributed by atoms with Gasteiger partial charge in [0.15, 0.2) is 0 Å². The highest BCUT2D eigenvalue weighted by molar-refractivity contribution is 7.98. The van der Waals surface area contributed by atoms with Gasteiger partial charge < -0.3 is 5.32 Å². The lowest BCUT2D eigenvalue weighted by Gasteiger charge is -2.09. The van der Waals surface area contributed by atoms with Gasteiger partial charge in [-0.2, -0.15) is 11.8 Å². The summed E-state index contributed by atoms with van der Waals surface area (Å²) < 4.78 is 0. The van der Waals surface area contributed by atoms with E-state index in [4.69, 9.17) is 11.6 Å². The quantitative estimate of drug-likeness (QED) is 0.606. The zero-order valence-electron chi connectivity index (χ0n) is 10.7. The van der Waals surface area contributed by atoms with Gasteiger partial charge in [-0.15, -0.1) is 0 Å². The number of hydrogen-bond donors (Lipinski definition) is 1. The Morgan fingerprint density at radius 2 is 2.12 bits per heavy atom. The van der Waals surface area contributed by atoms with Crippen molar-refractivity contribution >= 4 is 29.2 Å². The molecule has 1 aromatic rings. The first-order valence-corrected chi connectivity index (χ1v) is 7.68. The zero-order valence-corrected chi connectivity index (χ0v) is 12.2. The highest BCUT2D eigenvalue weighted by Gasteiger charge is 2.06. The summed E-state index contributed by atoms with van der Waals surface area (Å²) in [6.07, 6.45) is 4.51. The third-order valence-corrected chi connectivity index (χ3v) is 3.20. The van der Waals surface area contributed by atoms with E-state index in [1.165, 1.54) is 12.2 Å². The smallest absolute Gasteiger partial charge is 0.135 e. The third-order valence-electron chi connectivity index (χ3n) is 2.31. The van der Waals surface area contributed by atoms with E-state index in [0.29, 0.717) is 11.1 Å². The molecule has 1 N–H and O–H groups in total. The Kier molecular flexibility index (Phi) is 6.66. The van der Waals surface area contributed by atoms with Crippen LogP contribution in [-0.4, -0.2) is 28.5 Å². The van der Waals surface area contributed by atoms with Crippen molar-refractivity contribution in [3.63, 3.8) is 0 Å². The summed E-state index contributed by atoms with van der Waals surface area (Å²) in [4.78, 5) is 8.64. The van der Waals surface area contributed by atoms with Crippen LogP contribution in [0.5, 0.6) is 0 Å². The zero-order chi connectivity index (χ0) is 12.7. The van der Waals surface area contributed by atoms with E-state index in [9.17, 15) is 0 Å². The van der Waals surface area contributed by atoms with Crippen LogP contribution in [0.2, 0.25) is 5.15 Å². The van der Waals surface area contributed by atoms with Crippen molar-refractivity contribution in [3.8, 4) is 0 Å². The molecule has 0 unspecified atom stereocenters. The summed E-state index contributed by atoms with van der Waals surface area (Å²) in [5.41, 5.74) is 0.